The molecular weight excluding hydrogens is 464 g/mol. The number of anilines is 1. The van der Waals surface area contributed by atoms with Crippen LogP contribution >= 0.6 is 0 Å². The second-order valence-corrected chi connectivity index (χ2v) is 9.09. The Morgan fingerprint density at radius 1 is 1.06 bits per heavy atom. The van der Waals surface area contributed by atoms with E-state index in [4.69, 9.17) is 0 Å². The Morgan fingerprint density at radius 2 is 1.75 bits per heavy atom. The van der Waals surface area contributed by atoms with Crippen molar-refractivity contribution >= 4 is 34.5 Å². The molecule has 0 fully saturated rings. The van der Waals surface area contributed by atoms with Crippen LogP contribution in [0.3, 0.4) is 0 Å². The molecule has 0 saturated carbocycles. The fourth-order valence-electron chi connectivity index (χ4n) is 3.34. The van der Waals surface area contributed by atoms with Gasteiger partial charge in [0, 0.05) is 29.5 Å². The highest BCUT2D eigenvalue weighted by Gasteiger charge is 2.22. The second kappa shape index (κ2) is 11.5. The Labute approximate surface area is 207 Å². The molecule has 0 aliphatic carbocycles. The lowest BCUT2D eigenvalue weighted by atomic mass is 10.0. The minimum Gasteiger partial charge on any atom is -0.480 e. The van der Waals surface area contributed by atoms with Gasteiger partial charge >= 0.3 is 5.97 Å². The lowest BCUT2D eigenvalue weighted by Gasteiger charge is -2.15. The number of aromatic amines is 1. The predicted molar refractivity (Wildman–Crippen MR) is 134 cm³/mol. The van der Waals surface area contributed by atoms with Gasteiger partial charge in [-0.25, -0.2) is 19.7 Å². The number of aromatic nitrogens is 4. The van der Waals surface area contributed by atoms with Crippen LogP contribution in [0.15, 0.2) is 35.3 Å². The van der Waals surface area contributed by atoms with Gasteiger partial charge in [0.05, 0.1) is 18.4 Å². The number of carboxylic acid groups (broad SMARTS) is 1. The lowest BCUT2D eigenvalue weighted by molar-refractivity contribution is -0.139. The summed E-state index contributed by atoms with van der Waals surface area (Å²) in [6.07, 6.45) is 1.65. The van der Waals surface area contributed by atoms with E-state index in [1.54, 1.807) is 44.3 Å². The maximum atomic E-state index is 12.5. The minimum absolute atomic E-state index is 0.0294. The van der Waals surface area contributed by atoms with Gasteiger partial charge in [0.1, 0.15) is 17.6 Å². The molecule has 190 valence electrons. The molecule has 3 rings (SSSR count). The molecule has 0 radical (unpaired) electrons. The van der Waals surface area contributed by atoms with E-state index in [1.807, 2.05) is 13.8 Å². The van der Waals surface area contributed by atoms with Gasteiger partial charge < -0.3 is 20.7 Å². The van der Waals surface area contributed by atoms with Crippen LogP contribution in [0.25, 0.3) is 11.2 Å². The van der Waals surface area contributed by atoms with E-state index >= 15 is 0 Å². The number of rotatable bonds is 11. The van der Waals surface area contributed by atoms with Crippen LogP contribution in [0, 0.1) is 5.92 Å². The number of carbonyl (C=O) groups excluding carboxylic acids is 2. The first-order chi connectivity index (χ1) is 17.0. The fraction of sp³-hybridized carbons (Fsp3) is 0.400. The van der Waals surface area contributed by atoms with Crippen LogP contribution in [-0.2, 0) is 16.1 Å². The lowest BCUT2D eigenvalue weighted by Crippen LogP contribution is -2.41. The molecule has 0 bridgehead atoms. The summed E-state index contributed by atoms with van der Waals surface area (Å²) in [4.78, 5) is 63.8. The number of amides is 1. The van der Waals surface area contributed by atoms with Gasteiger partial charge in [-0.3, -0.25) is 14.4 Å². The molecule has 11 nitrogen and oxygen atoms in total. The number of Topliss-reactive ketones (excluding diaryl/α,β-unsaturated/α-hetero) is 1. The molecule has 0 spiro atoms. The molecule has 0 unspecified atom stereocenters. The zero-order valence-electron chi connectivity index (χ0n) is 20.7. The topological polar surface area (TPSA) is 167 Å². The highest BCUT2D eigenvalue weighted by atomic mass is 16.4. The number of ketones is 1. The standard InChI is InChI=1S/C25H30N6O5/c1-13(2)19(32)10-9-18(25(35)36)29-23(33)15-5-7-16(8-6-15)26-11-17-12-27-22-20(28-17)24(34)31-21(30-22)14(3)4/h5-8,12-14,18,26H,9-11H2,1-4H3,(H,29,33)(H,35,36)(H,27,30,31,34)/t18-/m0/s1. The number of nitrogens with one attached hydrogen (secondary N) is 3. The van der Waals surface area contributed by atoms with E-state index in [-0.39, 0.29) is 59.3 Å². The molecule has 36 heavy (non-hydrogen) atoms. The Morgan fingerprint density at radius 3 is 2.36 bits per heavy atom. The molecule has 3 aromatic rings. The number of hydrogen-bond donors (Lipinski definition) is 4. The highest BCUT2D eigenvalue weighted by molar-refractivity contribution is 5.97. The summed E-state index contributed by atoms with van der Waals surface area (Å²) in [5.74, 6) is -1.37. The summed E-state index contributed by atoms with van der Waals surface area (Å²) in [5, 5.41) is 15.0. The van der Waals surface area contributed by atoms with Crippen molar-refractivity contribution < 1.29 is 19.5 Å². The van der Waals surface area contributed by atoms with Crippen LogP contribution < -0.4 is 16.2 Å². The van der Waals surface area contributed by atoms with Gasteiger partial charge in [-0.2, -0.15) is 0 Å². The van der Waals surface area contributed by atoms with Crippen molar-refractivity contribution in [2.75, 3.05) is 5.32 Å². The Kier molecular flexibility index (Phi) is 8.46. The predicted octanol–water partition coefficient (Wildman–Crippen LogP) is 2.64. The van der Waals surface area contributed by atoms with Crippen LogP contribution in [0.2, 0.25) is 0 Å². The molecular formula is C25H30N6O5. The third kappa shape index (κ3) is 6.71. The first-order valence-electron chi connectivity index (χ1n) is 11.7. The van der Waals surface area contributed by atoms with Gasteiger partial charge in [-0.15, -0.1) is 0 Å². The van der Waals surface area contributed by atoms with Gasteiger partial charge in [-0.05, 0) is 30.7 Å². The van der Waals surface area contributed by atoms with Gasteiger partial charge in [0.25, 0.3) is 11.5 Å². The molecule has 0 saturated heterocycles. The van der Waals surface area contributed by atoms with Crippen molar-refractivity contribution in [3.05, 3.63) is 57.9 Å². The van der Waals surface area contributed by atoms with Crippen LogP contribution in [0.4, 0.5) is 5.69 Å². The number of hydrogen-bond acceptors (Lipinski definition) is 8. The molecule has 1 atom stereocenters. The number of H-pyrrole nitrogens is 1. The van der Waals surface area contributed by atoms with Crippen molar-refractivity contribution in [2.24, 2.45) is 5.92 Å². The Balaban J connectivity index is 1.61. The van der Waals surface area contributed by atoms with E-state index in [2.05, 4.69) is 30.6 Å². The van der Waals surface area contributed by atoms with Crippen molar-refractivity contribution in [1.29, 1.82) is 0 Å². The smallest absolute Gasteiger partial charge is 0.326 e. The minimum atomic E-state index is -1.19. The van der Waals surface area contributed by atoms with E-state index in [0.717, 1.165) is 0 Å². The molecule has 1 amide bonds. The number of carbonyl (C=O) groups is 3. The number of carboxylic acids is 1. The maximum Gasteiger partial charge on any atom is 0.326 e. The van der Waals surface area contributed by atoms with Gasteiger partial charge in [0.2, 0.25) is 0 Å². The number of benzene rings is 1. The van der Waals surface area contributed by atoms with E-state index in [9.17, 15) is 24.3 Å². The summed E-state index contributed by atoms with van der Waals surface area (Å²) in [5.41, 5.74) is 1.61. The number of nitrogens with zero attached hydrogens (tertiary/aromatic N) is 3. The van der Waals surface area contributed by atoms with Crippen LogP contribution in [0.5, 0.6) is 0 Å². The average molecular weight is 495 g/mol. The van der Waals surface area contributed by atoms with Crippen LogP contribution in [-0.4, -0.2) is 48.7 Å². The summed E-state index contributed by atoms with van der Waals surface area (Å²) in [7, 11) is 0. The third-order valence-electron chi connectivity index (χ3n) is 5.58. The monoisotopic (exact) mass is 494 g/mol. The SMILES string of the molecule is CC(C)C(=O)CC[C@H](NC(=O)c1ccc(NCc2cnc3nc(C(C)C)[nH]c(=O)c3n2)cc1)C(=O)O. The summed E-state index contributed by atoms with van der Waals surface area (Å²) in [6, 6.07) is 5.31. The molecule has 0 aliphatic rings. The molecule has 2 heterocycles. The summed E-state index contributed by atoms with van der Waals surface area (Å²) < 4.78 is 0. The van der Waals surface area contributed by atoms with Gasteiger partial charge in [0.15, 0.2) is 11.2 Å². The van der Waals surface area contributed by atoms with E-state index in [0.29, 0.717) is 17.2 Å². The average Bonchev–Trinajstić information content (AvgIpc) is 2.84. The second-order valence-electron chi connectivity index (χ2n) is 9.09. The summed E-state index contributed by atoms with van der Waals surface area (Å²) in [6.45, 7) is 7.62. The van der Waals surface area contributed by atoms with E-state index < -0.39 is 17.9 Å². The normalized spacial score (nSPS) is 12.1. The molecule has 11 heteroatoms. The van der Waals surface area contributed by atoms with Gasteiger partial charge in [-0.1, -0.05) is 27.7 Å². The highest BCUT2D eigenvalue weighted by Crippen LogP contribution is 2.13. The zero-order valence-corrected chi connectivity index (χ0v) is 20.7. The number of aliphatic carboxylic acids is 1. The Hall–Kier alpha value is -4.15. The maximum absolute atomic E-state index is 12.5. The zero-order chi connectivity index (χ0) is 26.4. The first-order valence-corrected chi connectivity index (χ1v) is 11.7. The Bertz CT molecular complexity index is 1320. The number of fused-ring (bicyclic) bond motifs is 1. The van der Waals surface area contributed by atoms with Crippen molar-refractivity contribution in [1.82, 2.24) is 25.3 Å². The fourth-order valence-corrected chi connectivity index (χ4v) is 3.34. The van der Waals surface area contributed by atoms with Crippen LogP contribution in [0.1, 0.15) is 68.3 Å². The van der Waals surface area contributed by atoms with E-state index in [1.165, 1.54) is 0 Å². The largest absolute Gasteiger partial charge is 0.480 e. The molecule has 2 aromatic heterocycles. The van der Waals surface area contributed by atoms with Crippen molar-refractivity contribution in [3.8, 4) is 0 Å². The van der Waals surface area contributed by atoms with Crippen molar-refractivity contribution in [3.63, 3.8) is 0 Å². The van der Waals surface area contributed by atoms with Crippen molar-refractivity contribution in [2.45, 2.75) is 59.0 Å². The molecule has 1 aromatic carbocycles. The quantitative estimate of drug-likeness (QED) is 0.313. The molecule has 0 aliphatic heterocycles. The first kappa shape index (κ1) is 26.5. The molecule has 4 N–H and O–H groups in total. The summed E-state index contributed by atoms with van der Waals surface area (Å²) >= 11 is 0. The third-order valence-corrected chi connectivity index (χ3v) is 5.58.